The molecule has 3 nitrogen and oxygen atoms in total. The van der Waals surface area contributed by atoms with Gasteiger partial charge in [-0.2, -0.15) is 0 Å². The first kappa shape index (κ1) is 17.3. The van der Waals surface area contributed by atoms with Gasteiger partial charge in [0.2, 0.25) is 5.78 Å². The highest BCUT2D eigenvalue weighted by atomic mass is 35.5. The first-order valence-corrected chi connectivity index (χ1v) is 7.65. The predicted octanol–water partition coefficient (Wildman–Crippen LogP) is 4.82. The molecular weight excluding hydrogens is 335 g/mol. The molecule has 2 aromatic carbocycles. The maximum Gasteiger partial charge on any atom is 0.331 e. The van der Waals surface area contributed by atoms with Crippen molar-refractivity contribution in [1.82, 2.24) is 0 Å². The number of carbonyl (C=O) groups is 2. The highest BCUT2D eigenvalue weighted by molar-refractivity contribution is 6.31. The first-order chi connectivity index (χ1) is 11.0. The van der Waals surface area contributed by atoms with Gasteiger partial charge in [0.05, 0.1) is 0 Å². The van der Waals surface area contributed by atoms with Crippen molar-refractivity contribution in [3.8, 4) is 0 Å². The number of halogens is 2. The van der Waals surface area contributed by atoms with Crippen molar-refractivity contribution >= 4 is 41.0 Å². The van der Waals surface area contributed by atoms with Gasteiger partial charge in [0.25, 0.3) is 0 Å². The molecule has 0 saturated heterocycles. The average Bonchev–Trinajstić information content (AvgIpc) is 2.53. The van der Waals surface area contributed by atoms with E-state index in [-0.39, 0.29) is 5.78 Å². The number of Topliss-reactive ketones (excluding diaryl/α,β-unsaturated/α-hetero) is 1. The fourth-order valence-corrected chi connectivity index (χ4v) is 2.22. The molecule has 0 spiro atoms. The van der Waals surface area contributed by atoms with E-state index in [1.807, 2.05) is 0 Å². The van der Waals surface area contributed by atoms with Gasteiger partial charge < -0.3 is 4.74 Å². The van der Waals surface area contributed by atoms with Gasteiger partial charge in [0.1, 0.15) is 0 Å². The van der Waals surface area contributed by atoms with Gasteiger partial charge in [-0.25, -0.2) is 4.79 Å². The van der Waals surface area contributed by atoms with E-state index < -0.39 is 12.1 Å². The molecule has 1 atom stereocenters. The summed E-state index contributed by atoms with van der Waals surface area (Å²) in [6.45, 7) is 1.53. The highest BCUT2D eigenvalue weighted by Gasteiger charge is 2.18. The van der Waals surface area contributed by atoms with Crippen molar-refractivity contribution < 1.29 is 14.3 Å². The largest absolute Gasteiger partial charge is 0.451 e. The summed E-state index contributed by atoms with van der Waals surface area (Å²) in [6, 6.07) is 13.5. The minimum Gasteiger partial charge on any atom is -0.451 e. The SMILES string of the molecule is C[C@H](OC(=O)/C=C/c1cccc(Cl)c1)C(=O)c1ccc(Cl)cc1. The van der Waals surface area contributed by atoms with Crippen molar-refractivity contribution in [2.75, 3.05) is 0 Å². The number of benzene rings is 2. The number of esters is 1. The molecule has 0 aliphatic carbocycles. The van der Waals surface area contributed by atoms with Crippen LogP contribution in [0.4, 0.5) is 0 Å². The van der Waals surface area contributed by atoms with Crippen LogP contribution in [0.5, 0.6) is 0 Å². The summed E-state index contributed by atoms with van der Waals surface area (Å²) in [6.07, 6.45) is 1.96. The second-order valence-corrected chi connectivity index (χ2v) is 5.71. The summed E-state index contributed by atoms with van der Waals surface area (Å²) in [4.78, 5) is 23.9. The van der Waals surface area contributed by atoms with E-state index in [4.69, 9.17) is 27.9 Å². The van der Waals surface area contributed by atoms with Crippen LogP contribution in [0.3, 0.4) is 0 Å². The zero-order valence-electron chi connectivity index (χ0n) is 12.3. The predicted molar refractivity (Wildman–Crippen MR) is 91.8 cm³/mol. The number of ether oxygens (including phenoxy) is 1. The molecule has 0 aliphatic heterocycles. The number of hydrogen-bond acceptors (Lipinski definition) is 3. The number of carbonyl (C=O) groups excluding carboxylic acids is 2. The molecule has 5 heteroatoms. The van der Waals surface area contributed by atoms with E-state index in [1.54, 1.807) is 54.6 Å². The second kappa shape index (κ2) is 7.95. The van der Waals surface area contributed by atoms with Gasteiger partial charge in [0, 0.05) is 21.7 Å². The van der Waals surface area contributed by atoms with Gasteiger partial charge in [-0.3, -0.25) is 4.79 Å². The van der Waals surface area contributed by atoms with Gasteiger partial charge in [0.15, 0.2) is 6.10 Å². The number of hydrogen-bond donors (Lipinski definition) is 0. The fourth-order valence-electron chi connectivity index (χ4n) is 1.89. The van der Waals surface area contributed by atoms with E-state index in [1.165, 1.54) is 13.0 Å². The highest BCUT2D eigenvalue weighted by Crippen LogP contribution is 2.14. The summed E-state index contributed by atoms with van der Waals surface area (Å²) >= 11 is 11.6. The van der Waals surface area contributed by atoms with E-state index in [0.717, 1.165) is 5.56 Å². The normalized spacial score (nSPS) is 12.1. The Morgan fingerprint density at radius 2 is 1.74 bits per heavy atom. The lowest BCUT2D eigenvalue weighted by Gasteiger charge is -2.10. The lowest BCUT2D eigenvalue weighted by molar-refractivity contribution is -0.140. The molecule has 0 bridgehead atoms. The molecule has 0 N–H and O–H groups in total. The molecule has 23 heavy (non-hydrogen) atoms. The van der Waals surface area contributed by atoms with Gasteiger partial charge >= 0.3 is 5.97 Å². The summed E-state index contributed by atoms with van der Waals surface area (Å²) < 4.78 is 5.11. The third kappa shape index (κ3) is 5.23. The van der Waals surface area contributed by atoms with Crippen molar-refractivity contribution in [3.05, 3.63) is 75.8 Å². The molecule has 0 radical (unpaired) electrons. The standard InChI is InChI=1S/C18H14Cl2O3/c1-12(18(22)14-6-8-15(19)9-7-14)23-17(21)10-5-13-3-2-4-16(20)11-13/h2-12H,1H3/b10-5+/t12-/m0/s1. The van der Waals surface area contributed by atoms with Crippen molar-refractivity contribution in [3.63, 3.8) is 0 Å². The Morgan fingerprint density at radius 1 is 1.04 bits per heavy atom. The van der Waals surface area contributed by atoms with E-state index in [2.05, 4.69) is 0 Å². The molecule has 2 aromatic rings. The molecule has 0 amide bonds. The van der Waals surface area contributed by atoms with Crippen LogP contribution >= 0.6 is 23.2 Å². The Hall–Kier alpha value is -2.10. The van der Waals surface area contributed by atoms with Crippen LogP contribution in [-0.2, 0) is 9.53 Å². The zero-order chi connectivity index (χ0) is 16.8. The van der Waals surface area contributed by atoms with Crippen LogP contribution in [0.2, 0.25) is 10.0 Å². The fraction of sp³-hybridized carbons (Fsp3) is 0.111. The lowest BCUT2D eigenvalue weighted by Crippen LogP contribution is -2.23. The summed E-state index contributed by atoms with van der Waals surface area (Å²) in [7, 11) is 0. The minimum absolute atomic E-state index is 0.286. The quantitative estimate of drug-likeness (QED) is 0.442. The summed E-state index contributed by atoms with van der Waals surface area (Å²) in [5.41, 5.74) is 1.21. The van der Waals surface area contributed by atoms with Crippen LogP contribution in [0.1, 0.15) is 22.8 Å². The Balaban J connectivity index is 1.96. The molecule has 118 valence electrons. The lowest BCUT2D eigenvalue weighted by atomic mass is 10.1. The van der Waals surface area contributed by atoms with Crippen molar-refractivity contribution in [2.24, 2.45) is 0 Å². The smallest absolute Gasteiger partial charge is 0.331 e. The van der Waals surface area contributed by atoms with E-state index >= 15 is 0 Å². The molecule has 0 heterocycles. The Bertz CT molecular complexity index is 736. The third-order valence-corrected chi connectivity index (χ3v) is 3.54. The Morgan fingerprint density at radius 3 is 2.39 bits per heavy atom. The third-order valence-electron chi connectivity index (χ3n) is 3.05. The van der Waals surface area contributed by atoms with Crippen molar-refractivity contribution in [1.29, 1.82) is 0 Å². The van der Waals surface area contributed by atoms with Crippen LogP contribution < -0.4 is 0 Å². The molecule has 2 rings (SSSR count). The monoisotopic (exact) mass is 348 g/mol. The Labute approximate surface area is 144 Å². The molecule has 0 fully saturated rings. The topological polar surface area (TPSA) is 43.4 Å². The maximum absolute atomic E-state index is 12.1. The van der Waals surface area contributed by atoms with Gasteiger partial charge in [-0.1, -0.05) is 35.3 Å². The molecule has 0 aromatic heterocycles. The maximum atomic E-state index is 12.1. The zero-order valence-corrected chi connectivity index (χ0v) is 13.8. The molecule has 0 unspecified atom stereocenters. The first-order valence-electron chi connectivity index (χ1n) is 6.90. The van der Waals surface area contributed by atoms with Crippen LogP contribution in [0, 0.1) is 0 Å². The van der Waals surface area contributed by atoms with Gasteiger partial charge in [-0.15, -0.1) is 0 Å². The Kier molecular flexibility index (Phi) is 5.97. The van der Waals surface area contributed by atoms with Crippen LogP contribution in [0.15, 0.2) is 54.6 Å². The number of ketones is 1. The minimum atomic E-state index is -0.882. The van der Waals surface area contributed by atoms with Crippen LogP contribution in [0.25, 0.3) is 6.08 Å². The van der Waals surface area contributed by atoms with E-state index in [0.29, 0.717) is 15.6 Å². The molecule has 0 saturated carbocycles. The second-order valence-electron chi connectivity index (χ2n) is 4.84. The van der Waals surface area contributed by atoms with E-state index in [9.17, 15) is 9.59 Å². The molecule has 0 aliphatic rings. The van der Waals surface area contributed by atoms with Gasteiger partial charge in [-0.05, 0) is 55.0 Å². The van der Waals surface area contributed by atoms with Crippen molar-refractivity contribution in [2.45, 2.75) is 13.0 Å². The summed E-state index contributed by atoms with van der Waals surface area (Å²) in [5, 5.41) is 1.11. The van der Waals surface area contributed by atoms with Crippen LogP contribution in [-0.4, -0.2) is 17.9 Å². The average molecular weight is 349 g/mol. The number of rotatable bonds is 5. The summed E-state index contributed by atoms with van der Waals surface area (Å²) in [5.74, 6) is -0.883. The molecular formula is C18H14Cl2O3.